The monoisotopic (exact) mass is 305 g/mol. The number of aromatic nitrogens is 1. The first kappa shape index (κ1) is 15.9. The Morgan fingerprint density at radius 1 is 1.14 bits per heavy atom. The van der Waals surface area contributed by atoms with Crippen LogP contribution in [-0.4, -0.2) is 37.2 Å². The molecule has 1 heterocycles. The number of methoxy groups -OCH3 is 1. The highest BCUT2D eigenvalue weighted by Crippen LogP contribution is 2.27. The molecule has 0 saturated carbocycles. The number of benzene rings is 1. The molecule has 1 aromatic carbocycles. The molecule has 118 valence electrons. The van der Waals surface area contributed by atoms with Gasteiger partial charge in [-0.2, -0.15) is 0 Å². The standard InChI is InChI=1S/C16H19NO5/c1-4-21-14(18)9-12-11-7-6-10(20-3)8-13(11)17-15(12)16(19)22-5-2/h6-8,17H,4-5,9H2,1-3H3. The molecular formula is C16H19NO5. The molecular weight excluding hydrogens is 286 g/mol. The zero-order valence-electron chi connectivity index (χ0n) is 12.9. The quantitative estimate of drug-likeness (QED) is 0.829. The van der Waals surface area contributed by atoms with Crippen LogP contribution in [0.3, 0.4) is 0 Å². The van der Waals surface area contributed by atoms with E-state index in [4.69, 9.17) is 14.2 Å². The van der Waals surface area contributed by atoms with Crippen LogP contribution >= 0.6 is 0 Å². The van der Waals surface area contributed by atoms with E-state index in [1.165, 1.54) is 0 Å². The number of hydrogen-bond donors (Lipinski definition) is 1. The molecule has 0 fully saturated rings. The van der Waals surface area contributed by atoms with Gasteiger partial charge in [0.15, 0.2) is 0 Å². The molecule has 6 heteroatoms. The highest BCUT2D eigenvalue weighted by Gasteiger charge is 2.21. The van der Waals surface area contributed by atoms with Crippen molar-refractivity contribution in [3.05, 3.63) is 29.5 Å². The molecule has 2 aromatic rings. The molecule has 6 nitrogen and oxygen atoms in total. The third-order valence-corrected chi connectivity index (χ3v) is 3.22. The van der Waals surface area contributed by atoms with Crippen molar-refractivity contribution in [3.63, 3.8) is 0 Å². The summed E-state index contributed by atoms with van der Waals surface area (Å²) < 4.78 is 15.2. The molecule has 0 aliphatic heterocycles. The Balaban J connectivity index is 2.49. The summed E-state index contributed by atoms with van der Waals surface area (Å²) in [5.41, 5.74) is 1.56. The smallest absolute Gasteiger partial charge is 0.355 e. The van der Waals surface area contributed by atoms with Crippen LogP contribution in [-0.2, 0) is 20.7 Å². The average Bonchev–Trinajstić information content (AvgIpc) is 2.85. The van der Waals surface area contributed by atoms with Crippen LogP contribution in [0, 0.1) is 0 Å². The van der Waals surface area contributed by atoms with Crippen molar-refractivity contribution in [2.24, 2.45) is 0 Å². The summed E-state index contributed by atoms with van der Waals surface area (Å²) in [5.74, 6) is -0.214. The lowest BCUT2D eigenvalue weighted by molar-refractivity contribution is -0.142. The van der Waals surface area contributed by atoms with Gasteiger partial charge in [0.2, 0.25) is 0 Å². The van der Waals surface area contributed by atoms with Crippen molar-refractivity contribution in [2.45, 2.75) is 20.3 Å². The lowest BCUT2D eigenvalue weighted by Gasteiger charge is -2.05. The van der Waals surface area contributed by atoms with Gasteiger partial charge in [0.25, 0.3) is 0 Å². The maximum absolute atomic E-state index is 12.1. The van der Waals surface area contributed by atoms with Crippen LogP contribution in [0.15, 0.2) is 18.2 Å². The predicted molar refractivity (Wildman–Crippen MR) is 81.1 cm³/mol. The van der Waals surface area contributed by atoms with Crippen LogP contribution in [0.1, 0.15) is 29.9 Å². The number of ether oxygens (including phenoxy) is 3. The largest absolute Gasteiger partial charge is 0.497 e. The lowest BCUT2D eigenvalue weighted by Crippen LogP contribution is -2.12. The molecule has 0 radical (unpaired) electrons. The van der Waals surface area contributed by atoms with Gasteiger partial charge in [0, 0.05) is 17.0 Å². The SMILES string of the molecule is CCOC(=O)Cc1c(C(=O)OCC)[nH]c2cc(OC)ccc12. The number of H-pyrrole nitrogens is 1. The molecule has 1 N–H and O–H groups in total. The van der Waals surface area contributed by atoms with E-state index in [9.17, 15) is 9.59 Å². The summed E-state index contributed by atoms with van der Waals surface area (Å²) in [6.07, 6.45) is 0.00825. The molecule has 0 unspecified atom stereocenters. The van der Waals surface area contributed by atoms with Gasteiger partial charge >= 0.3 is 11.9 Å². The molecule has 2 rings (SSSR count). The van der Waals surface area contributed by atoms with E-state index in [1.54, 1.807) is 33.1 Å². The van der Waals surface area contributed by atoms with Gasteiger partial charge in [-0.1, -0.05) is 0 Å². The fraction of sp³-hybridized carbons (Fsp3) is 0.375. The first-order valence-electron chi connectivity index (χ1n) is 7.12. The van der Waals surface area contributed by atoms with Crippen LogP contribution < -0.4 is 4.74 Å². The predicted octanol–water partition coefficient (Wildman–Crippen LogP) is 2.46. The van der Waals surface area contributed by atoms with Gasteiger partial charge in [-0.15, -0.1) is 0 Å². The maximum atomic E-state index is 12.1. The highest BCUT2D eigenvalue weighted by molar-refractivity contribution is 6.00. The zero-order chi connectivity index (χ0) is 16.1. The fourth-order valence-electron chi connectivity index (χ4n) is 2.28. The molecule has 1 aromatic heterocycles. The second kappa shape index (κ2) is 6.98. The fourth-order valence-corrected chi connectivity index (χ4v) is 2.28. The van der Waals surface area contributed by atoms with Crippen LogP contribution in [0.4, 0.5) is 0 Å². The summed E-state index contributed by atoms with van der Waals surface area (Å²) in [5, 5.41) is 0.775. The number of hydrogen-bond acceptors (Lipinski definition) is 5. The second-order valence-corrected chi connectivity index (χ2v) is 4.59. The highest BCUT2D eigenvalue weighted by atomic mass is 16.5. The zero-order valence-corrected chi connectivity index (χ0v) is 12.9. The molecule has 22 heavy (non-hydrogen) atoms. The van der Waals surface area contributed by atoms with E-state index < -0.39 is 5.97 Å². The van der Waals surface area contributed by atoms with Crippen molar-refractivity contribution in [3.8, 4) is 5.75 Å². The van der Waals surface area contributed by atoms with Gasteiger partial charge in [0.1, 0.15) is 11.4 Å². The maximum Gasteiger partial charge on any atom is 0.355 e. The Morgan fingerprint density at radius 2 is 1.86 bits per heavy atom. The minimum Gasteiger partial charge on any atom is -0.497 e. The molecule has 0 amide bonds. The summed E-state index contributed by atoms with van der Waals surface area (Å²) >= 11 is 0. The summed E-state index contributed by atoms with van der Waals surface area (Å²) in [4.78, 5) is 26.9. The Labute approximate surface area is 128 Å². The third-order valence-electron chi connectivity index (χ3n) is 3.22. The van der Waals surface area contributed by atoms with Crippen molar-refractivity contribution in [2.75, 3.05) is 20.3 Å². The summed E-state index contributed by atoms with van der Waals surface area (Å²) in [6, 6.07) is 5.36. The number of fused-ring (bicyclic) bond motifs is 1. The minimum atomic E-state index is -0.489. The van der Waals surface area contributed by atoms with Gasteiger partial charge in [-0.3, -0.25) is 4.79 Å². The second-order valence-electron chi connectivity index (χ2n) is 4.59. The first-order valence-corrected chi connectivity index (χ1v) is 7.12. The van der Waals surface area contributed by atoms with Crippen molar-refractivity contribution >= 4 is 22.8 Å². The Hall–Kier alpha value is -2.50. The Kier molecular flexibility index (Phi) is 5.04. The molecule has 0 aliphatic carbocycles. The lowest BCUT2D eigenvalue weighted by atomic mass is 10.1. The van der Waals surface area contributed by atoms with Gasteiger partial charge < -0.3 is 19.2 Å². The van der Waals surface area contributed by atoms with Gasteiger partial charge in [-0.05, 0) is 26.0 Å². The van der Waals surface area contributed by atoms with Crippen LogP contribution in [0.2, 0.25) is 0 Å². The summed E-state index contributed by atoms with van der Waals surface area (Å²) in [6.45, 7) is 4.03. The molecule has 0 bridgehead atoms. The summed E-state index contributed by atoms with van der Waals surface area (Å²) in [7, 11) is 1.57. The normalized spacial score (nSPS) is 10.5. The molecule has 0 aliphatic rings. The van der Waals surface area contributed by atoms with E-state index in [1.807, 2.05) is 6.07 Å². The number of nitrogens with one attached hydrogen (secondary N) is 1. The van der Waals surface area contributed by atoms with E-state index in [0.717, 1.165) is 5.39 Å². The van der Waals surface area contributed by atoms with Crippen molar-refractivity contribution in [1.82, 2.24) is 4.98 Å². The molecule has 0 saturated heterocycles. The topological polar surface area (TPSA) is 77.6 Å². The van der Waals surface area contributed by atoms with Gasteiger partial charge in [-0.25, -0.2) is 4.79 Å². The Bertz CT molecular complexity index is 689. The minimum absolute atomic E-state index is 0.00825. The van der Waals surface area contributed by atoms with E-state index in [-0.39, 0.29) is 24.7 Å². The number of carbonyl (C=O) groups is 2. The van der Waals surface area contributed by atoms with E-state index in [2.05, 4.69) is 4.98 Å². The van der Waals surface area contributed by atoms with Crippen molar-refractivity contribution < 1.29 is 23.8 Å². The number of carbonyl (C=O) groups excluding carboxylic acids is 2. The number of esters is 2. The first-order chi connectivity index (χ1) is 10.6. The third kappa shape index (κ3) is 3.21. The van der Waals surface area contributed by atoms with Crippen LogP contribution in [0.25, 0.3) is 10.9 Å². The average molecular weight is 305 g/mol. The molecule has 0 spiro atoms. The Morgan fingerprint density at radius 3 is 2.50 bits per heavy atom. The van der Waals surface area contributed by atoms with E-state index >= 15 is 0 Å². The van der Waals surface area contributed by atoms with Gasteiger partial charge in [0.05, 0.1) is 32.3 Å². The van der Waals surface area contributed by atoms with E-state index in [0.29, 0.717) is 23.4 Å². The molecule has 0 atom stereocenters. The number of rotatable bonds is 6. The van der Waals surface area contributed by atoms with Crippen LogP contribution in [0.5, 0.6) is 5.75 Å². The van der Waals surface area contributed by atoms with Crippen molar-refractivity contribution in [1.29, 1.82) is 0 Å². The number of aromatic amines is 1.